The van der Waals surface area contributed by atoms with Gasteiger partial charge in [0.1, 0.15) is 6.61 Å². The molecule has 0 aromatic heterocycles. The van der Waals surface area contributed by atoms with Crippen molar-refractivity contribution >= 4 is 5.91 Å². The lowest BCUT2D eigenvalue weighted by Gasteiger charge is -2.28. The molecule has 3 rings (SSSR count). The lowest BCUT2D eigenvalue weighted by atomic mass is 10.00. The van der Waals surface area contributed by atoms with Gasteiger partial charge in [-0.1, -0.05) is 36.4 Å². The van der Waals surface area contributed by atoms with Crippen LogP contribution in [0.3, 0.4) is 0 Å². The van der Waals surface area contributed by atoms with Crippen LogP contribution in [0.15, 0.2) is 48.5 Å². The summed E-state index contributed by atoms with van der Waals surface area (Å²) < 4.78 is 11.4. The van der Waals surface area contributed by atoms with Crippen LogP contribution in [-0.4, -0.2) is 69.2 Å². The monoisotopic (exact) mass is 411 g/mol. The lowest BCUT2D eigenvalue weighted by molar-refractivity contribution is -0.123. The first kappa shape index (κ1) is 22.1. The predicted molar refractivity (Wildman–Crippen MR) is 119 cm³/mol. The summed E-state index contributed by atoms with van der Waals surface area (Å²) >= 11 is 0. The van der Waals surface area contributed by atoms with Gasteiger partial charge in [0.25, 0.3) is 5.91 Å². The van der Waals surface area contributed by atoms with Gasteiger partial charge < -0.3 is 19.7 Å². The number of fused-ring (bicyclic) bond motifs is 1. The van der Waals surface area contributed by atoms with Crippen molar-refractivity contribution in [2.24, 2.45) is 0 Å². The Hall–Kier alpha value is -2.57. The number of likely N-dealkylation sites (N-methyl/N-ethyl adjacent to an activating group) is 1. The molecule has 0 saturated carbocycles. The Balaban J connectivity index is 1.33. The lowest BCUT2D eigenvalue weighted by Crippen LogP contribution is -2.35. The van der Waals surface area contributed by atoms with Crippen molar-refractivity contribution in [3.8, 4) is 11.5 Å². The molecule has 30 heavy (non-hydrogen) atoms. The third-order valence-electron chi connectivity index (χ3n) is 5.19. The zero-order chi connectivity index (χ0) is 21.2. The van der Waals surface area contributed by atoms with E-state index in [0.29, 0.717) is 24.7 Å². The first-order chi connectivity index (χ1) is 14.6. The fraction of sp³-hybridized carbons (Fsp3) is 0.458. The van der Waals surface area contributed by atoms with Crippen molar-refractivity contribution in [2.45, 2.75) is 19.4 Å². The molecule has 0 saturated heterocycles. The molecule has 0 fully saturated rings. The summed E-state index contributed by atoms with van der Waals surface area (Å²) in [5.74, 6) is 1.15. The number of nitrogens with one attached hydrogen (secondary N) is 1. The topological polar surface area (TPSA) is 54.0 Å². The maximum Gasteiger partial charge on any atom is 0.257 e. The van der Waals surface area contributed by atoms with Gasteiger partial charge in [-0.05, 0) is 50.2 Å². The van der Waals surface area contributed by atoms with E-state index in [0.717, 1.165) is 39.0 Å². The molecule has 0 bridgehead atoms. The number of carbonyl (C=O) groups excluding carboxylic acids is 1. The summed E-state index contributed by atoms with van der Waals surface area (Å²) in [7, 11) is 4.00. The SMILES string of the molecule is CN(C)CCOc1ccccc1OCC(=O)NCCCN1CCc2ccccc2C1. The van der Waals surface area contributed by atoms with Crippen LogP contribution in [-0.2, 0) is 17.8 Å². The second-order valence-electron chi connectivity index (χ2n) is 7.89. The van der Waals surface area contributed by atoms with Crippen LogP contribution in [0.2, 0.25) is 0 Å². The highest BCUT2D eigenvalue weighted by atomic mass is 16.5. The van der Waals surface area contributed by atoms with Crippen LogP contribution in [0.1, 0.15) is 17.5 Å². The van der Waals surface area contributed by atoms with Gasteiger partial charge in [0.05, 0.1) is 0 Å². The first-order valence-electron chi connectivity index (χ1n) is 10.7. The van der Waals surface area contributed by atoms with Crippen LogP contribution in [0.25, 0.3) is 0 Å². The maximum atomic E-state index is 12.1. The molecule has 6 heteroatoms. The number of rotatable bonds is 11. The number of nitrogens with zero attached hydrogens (tertiary/aromatic N) is 2. The smallest absolute Gasteiger partial charge is 0.257 e. The standard InChI is InChI=1S/C24H33N3O3/c1-26(2)16-17-29-22-10-5-6-11-23(22)30-19-24(28)25-13-7-14-27-15-12-20-8-3-4-9-21(20)18-27/h3-6,8-11H,7,12-19H2,1-2H3,(H,25,28). The van der Waals surface area contributed by atoms with Gasteiger partial charge in [0.2, 0.25) is 0 Å². The molecule has 6 nitrogen and oxygen atoms in total. The summed E-state index contributed by atoms with van der Waals surface area (Å²) in [5, 5.41) is 2.95. The molecule has 0 unspecified atom stereocenters. The average molecular weight is 412 g/mol. The van der Waals surface area contributed by atoms with Crippen molar-refractivity contribution in [3.63, 3.8) is 0 Å². The largest absolute Gasteiger partial charge is 0.488 e. The van der Waals surface area contributed by atoms with Crippen molar-refractivity contribution < 1.29 is 14.3 Å². The number of ether oxygens (including phenoxy) is 2. The van der Waals surface area contributed by atoms with E-state index < -0.39 is 0 Å². The second-order valence-corrected chi connectivity index (χ2v) is 7.89. The number of hydrogen-bond acceptors (Lipinski definition) is 5. The van der Waals surface area contributed by atoms with E-state index in [1.54, 1.807) is 0 Å². The first-order valence-corrected chi connectivity index (χ1v) is 10.7. The maximum absolute atomic E-state index is 12.1. The Kier molecular flexibility index (Phi) is 8.53. The summed E-state index contributed by atoms with van der Waals surface area (Å²) in [5.41, 5.74) is 2.89. The minimum absolute atomic E-state index is 0.00879. The molecule has 162 valence electrons. The Morgan fingerprint density at radius 2 is 1.73 bits per heavy atom. The van der Waals surface area contributed by atoms with Gasteiger partial charge in [-0.2, -0.15) is 0 Å². The van der Waals surface area contributed by atoms with Crippen LogP contribution in [0.4, 0.5) is 0 Å². The Bertz CT molecular complexity index is 810. The van der Waals surface area contributed by atoms with E-state index in [1.165, 1.54) is 11.1 Å². The van der Waals surface area contributed by atoms with Crippen LogP contribution in [0.5, 0.6) is 11.5 Å². The van der Waals surface area contributed by atoms with Gasteiger partial charge in [-0.3, -0.25) is 9.69 Å². The third kappa shape index (κ3) is 7.04. The number of benzene rings is 2. The zero-order valence-corrected chi connectivity index (χ0v) is 18.1. The minimum Gasteiger partial charge on any atom is -0.488 e. The molecule has 1 amide bonds. The highest BCUT2D eigenvalue weighted by molar-refractivity contribution is 5.77. The highest BCUT2D eigenvalue weighted by Crippen LogP contribution is 2.26. The molecule has 0 radical (unpaired) electrons. The molecule has 0 spiro atoms. The van der Waals surface area contributed by atoms with E-state index in [-0.39, 0.29) is 12.5 Å². The van der Waals surface area contributed by atoms with Gasteiger partial charge in [0, 0.05) is 32.7 Å². The Labute approximate surface area is 179 Å². The van der Waals surface area contributed by atoms with Crippen molar-refractivity contribution in [2.75, 3.05) is 53.5 Å². The minimum atomic E-state index is -0.109. The van der Waals surface area contributed by atoms with Gasteiger partial charge in [-0.25, -0.2) is 0 Å². The number of carbonyl (C=O) groups is 1. The summed E-state index contributed by atoms with van der Waals surface area (Å²) in [6.07, 6.45) is 2.03. The van der Waals surface area contributed by atoms with E-state index >= 15 is 0 Å². The van der Waals surface area contributed by atoms with Crippen molar-refractivity contribution in [1.82, 2.24) is 15.1 Å². The zero-order valence-electron chi connectivity index (χ0n) is 18.1. The van der Waals surface area contributed by atoms with Crippen LogP contribution in [0, 0.1) is 0 Å². The molecule has 2 aromatic carbocycles. The molecule has 0 aliphatic carbocycles. The fourth-order valence-corrected chi connectivity index (χ4v) is 3.50. The van der Waals surface area contributed by atoms with Gasteiger partial charge in [0.15, 0.2) is 18.1 Å². The van der Waals surface area contributed by atoms with E-state index in [9.17, 15) is 4.79 Å². The molecule has 0 atom stereocenters. The average Bonchev–Trinajstić information content (AvgIpc) is 2.75. The summed E-state index contributed by atoms with van der Waals surface area (Å²) in [4.78, 5) is 16.7. The predicted octanol–water partition coefficient (Wildman–Crippen LogP) is 2.57. The number of hydrogen-bond donors (Lipinski definition) is 1. The summed E-state index contributed by atoms with van der Waals surface area (Å²) in [6, 6.07) is 16.1. The molecule has 2 aromatic rings. The van der Waals surface area contributed by atoms with Gasteiger partial charge in [-0.15, -0.1) is 0 Å². The van der Waals surface area contributed by atoms with E-state index in [2.05, 4.69) is 39.4 Å². The molecular weight excluding hydrogens is 378 g/mol. The van der Waals surface area contributed by atoms with Gasteiger partial charge >= 0.3 is 0 Å². The fourth-order valence-electron chi connectivity index (χ4n) is 3.50. The second kappa shape index (κ2) is 11.6. The summed E-state index contributed by atoms with van der Waals surface area (Å²) in [6.45, 7) is 5.10. The molecular formula is C24H33N3O3. The molecule has 1 heterocycles. The third-order valence-corrected chi connectivity index (χ3v) is 5.19. The van der Waals surface area contributed by atoms with E-state index in [4.69, 9.17) is 9.47 Å². The molecule has 1 aliphatic heterocycles. The highest BCUT2D eigenvalue weighted by Gasteiger charge is 2.15. The number of para-hydroxylation sites is 2. The normalized spacial score (nSPS) is 13.7. The van der Waals surface area contributed by atoms with Crippen LogP contribution < -0.4 is 14.8 Å². The molecule has 1 N–H and O–H groups in total. The Morgan fingerprint density at radius 3 is 2.50 bits per heavy atom. The van der Waals surface area contributed by atoms with E-state index in [1.807, 2.05) is 38.4 Å². The Morgan fingerprint density at radius 1 is 1.03 bits per heavy atom. The molecule has 1 aliphatic rings. The van der Waals surface area contributed by atoms with Crippen LogP contribution >= 0.6 is 0 Å². The van der Waals surface area contributed by atoms with Crippen molar-refractivity contribution in [1.29, 1.82) is 0 Å². The quantitative estimate of drug-likeness (QED) is 0.576. The van der Waals surface area contributed by atoms with Crippen molar-refractivity contribution in [3.05, 3.63) is 59.7 Å². The number of amides is 1.